The molecule has 0 aliphatic carbocycles. The molecule has 0 aliphatic heterocycles. The van der Waals surface area contributed by atoms with Gasteiger partial charge in [0.1, 0.15) is 17.4 Å². The second-order valence-electron chi connectivity index (χ2n) is 3.39. The summed E-state index contributed by atoms with van der Waals surface area (Å²) in [6.07, 6.45) is 3.09. The van der Waals surface area contributed by atoms with Crippen LogP contribution in [0.1, 0.15) is 0 Å². The zero-order valence-corrected chi connectivity index (χ0v) is 9.21. The molecule has 2 N–H and O–H groups in total. The Morgan fingerprint density at radius 3 is 3.18 bits per heavy atom. The zero-order chi connectivity index (χ0) is 12.3. The van der Waals surface area contributed by atoms with Crippen LogP contribution in [0.3, 0.4) is 0 Å². The Balaban J connectivity index is 2.28. The molecule has 2 rings (SSSR count). The molecule has 17 heavy (non-hydrogen) atoms. The highest BCUT2D eigenvalue weighted by atomic mass is 16.5. The van der Waals surface area contributed by atoms with Crippen LogP contribution < -0.4 is 5.32 Å². The van der Waals surface area contributed by atoms with Crippen molar-refractivity contribution in [2.75, 3.05) is 19.0 Å². The minimum absolute atomic E-state index is 0.372. The van der Waals surface area contributed by atoms with Crippen LogP contribution in [-0.2, 0) is 9.53 Å². The number of aliphatic hydroxyl groups excluding tert-OH is 1. The molecule has 0 amide bonds. The van der Waals surface area contributed by atoms with Crippen molar-refractivity contribution in [1.29, 1.82) is 0 Å². The monoisotopic (exact) mass is 236 g/mol. The van der Waals surface area contributed by atoms with Crippen LogP contribution in [0, 0.1) is 0 Å². The number of carbonyl (C=O) groups excluding carboxylic acids is 1. The smallest absolute Gasteiger partial charge is 0.330 e. The predicted molar refractivity (Wildman–Crippen MR) is 60.5 cm³/mol. The van der Waals surface area contributed by atoms with Crippen LogP contribution in [0.25, 0.3) is 11.0 Å². The average molecular weight is 236 g/mol. The lowest BCUT2D eigenvalue weighted by Crippen LogP contribution is -2.34. The van der Waals surface area contributed by atoms with Gasteiger partial charge in [-0.15, -0.1) is 0 Å². The number of esters is 1. The number of hydrogen-bond donors (Lipinski definition) is 2. The molecule has 0 spiro atoms. The van der Waals surface area contributed by atoms with Crippen LogP contribution >= 0.6 is 0 Å². The molecule has 6 heteroatoms. The van der Waals surface area contributed by atoms with Crippen LogP contribution in [0.15, 0.2) is 29.0 Å². The number of rotatable bonds is 4. The van der Waals surface area contributed by atoms with Crippen molar-refractivity contribution < 1.29 is 19.1 Å². The van der Waals surface area contributed by atoms with Crippen LogP contribution in [0.4, 0.5) is 5.82 Å². The number of pyridine rings is 1. The van der Waals surface area contributed by atoms with Gasteiger partial charge < -0.3 is 19.6 Å². The van der Waals surface area contributed by atoms with Crippen molar-refractivity contribution >= 4 is 22.8 Å². The van der Waals surface area contributed by atoms with E-state index in [-0.39, 0.29) is 6.61 Å². The van der Waals surface area contributed by atoms with E-state index in [0.717, 1.165) is 5.39 Å². The molecule has 0 bridgehead atoms. The highest BCUT2D eigenvalue weighted by molar-refractivity contribution is 5.90. The molecule has 2 aromatic rings. The van der Waals surface area contributed by atoms with Crippen molar-refractivity contribution in [2.24, 2.45) is 0 Å². The minimum atomic E-state index is -0.840. The molecule has 90 valence electrons. The number of furan rings is 1. The van der Waals surface area contributed by atoms with E-state index in [9.17, 15) is 4.79 Å². The summed E-state index contributed by atoms with van der Waals surface area (Å²) in [5.74, 6) is -0.0736. The van der Waals surface area contributed by atoms with Gasteiger partial charge in [-0.05, 0) is 12.1 Å². The molecule has 0 aliphatic rings. The Morgan fingerprint density at radius 1 is 1.65 bits per heavy atom. The van der Waals surface area contributed by atoms with Gasteiger partial charge in [-0.2, -0.15) is 0 Å². The maximum absolute atomic E-state index is 11.3. The predicted octanol–water partition coefficient (Wildman–Crippen LogP) is 0.774. The molecule has 0 radical (unpaired) electrons. The normalized spacial score (nSPS) is 12.4. The third-order valence-electron chi connectivity index (χ3n) is 2.36. The molecule has 0 saturated carbocycles. The minimum Gasteiger partial charge on any atom is -0.467 e. The Morgan fingerprint density at radius 2 is 2.47 bits per heavy atom. The summed E-state index contributed by atoms with van der Waals surface area (Å²) >= 11 is 0. The summed E-state index contributed by atoms with van der Waals surface area (Å²) in [5, 5.41) is 12.7. The van der Waals surface area contributed by atoms with Crippen molar-refractivity contribution in [3.8, 4) is 0 Å². The van der Waals surface area contributed by atoms with E-state index >= 15 is 0 Å². The topological polar surface area (TPSA) is 84.6 Å². The summed E-state index contributed by atoms with van der Waals surface area (Å²) in [7, 11) is 1.26. The van der Waals surface area contributed by atoms with Gasteiger partial charge in [-0.3, -0.25) is 0 Å². The van der Waals surface area contributed by atoms with E-state index in [0.29, 0.717) is 11.4 Å². The van der Waals surface area contributed by atoms with Crippen LogP contribution in [0.2, 0.25) is 0 Å². The Hall–Kier alpha value is -2.08. The summed E-state index contributed by atoms with van der Waals surface area (Å²) in [6, 6.07) is 2.61. The molecule has 1 unspecified atom stereocenters. The average Bonchev–Trinajstić information content (AvgIpc) is 2.83. The fraction of sp³-hybridized carbons (Fsp3) is 0.273. The van der Waals surface area contributed by atoms with Crippen LogP contribution in [-0.4, -0.2) is 35.8 Å². The zero-order valence-electron chi connectivity index (χ0n) is 9.21. The van der Waals surface area contributed by atoms with Gasteiger partial charge in [0.2, 0.25) is 0 Å². The second-order valence-corrected chi connectivity index (χ2v) is 3.39. The van der Waals surface area contributed by atoms with Gasteiger partial charge in [0, 0.05) is 6.20 Å². The first-order valence-corrected chi connectivity index (χ1v) is 5.03. The lowest BCUT2D eigenvalue weighted by molar-refractivity contribution is -0.142. The number of hydrogen-bond acceptors (Lipinski definition) is 6. The first-order valence-electron chi connectivity index (χ1n) is 5.03. The molecular formula is C11H12N2O4. The first-order chi connectivity index (χ1) is 8.26. The quantitative estimate of drug-likeness (QED) is 0.763. The van der Waals surface area contributed by atoms with Crippen molar-refractivity contribution in [3.63, 3.8) is 0 Å². The fourth-order valence-corrected chi connectivity index (χ4v) is 1.50. The number of aliphatic hydroxyl groups is 1. The summed E-state index contributed by atoms with van der Waals surface area (Å²) in [6.45, 7) is -0.372. The molecule has 6 nitrogen and oxygen atoms in total. The molecule has 0 fully saturated rings. The van der Waals surface area contributed by atoms with Gasteiger partial charge in [-0.1, -0.05) is 0 Å². The Kier molecular flexibility index (Phi) is 3.24. The Labute approximate surface area is 97.2 Å². The van der Waals surface area contributed by atoms with Crippen molar-refractivity contribution in [2.45, 2.75) is 6.04 Å². The van der Waals surface area contributed by atoms with Gasteiger partial charge in [0.05, 0.1) is 25.4 Å². The third-order valence-corrected chi connectivity index (χ3v) is 2.36. The van der Waals surface area contributed by atoms with Gasteiger partial charge >= 0.3 is 5.97 Å². The molecule has 1 atom stereocenters. The van der Waals surface area contributed by atoms with Crippen molar-refractivity contribution in [1.82, 2.24) is 4.98 Å². The SMILES string of the molecule is COC(=O)C(CO)Nc1nccc2occc12. The number of nitrogens with zero attached hydrogens (tertiary/aromatic N) is 1. The van der Waals surface area contributed by atoms with E-state index in [1.165, 1.54) is 13.4 Å². The number of fused-ring (bicyclic) bond motifs is 1. The fourth-order valence-electron chi connectivity index (χ4n) is 1.50. The first kappa shape index (κ1) is 11.4. The van der Waals surface area contributed by atoms with Crippen LogP contribution in [0.5, 0.6) is 0 Å². The molecule has 0 aromatic carbocycles. The number of ether oxygens (including phenoxy) is 1. The highest BCUT2D eigenvalue weighted by Gasteiger charge is 2.19. The highest BCUT2D eigenvalue weighted by Crippen LogP contribution is 2.22. The third kappa shape index (κ3) is 2.21. The van der Waals surface area contributed by atoms with Gasteiger partial charge in [-0.25, -0.2) is 9.78 Å². The summed E-state index contributed by atoms with van der Waals surface area (Å²) in [5.41, 5.74) is 0.657. The van der Waals surface area contributed by atoms with E-state index in [4.69, 9.17) is 9.52 Å². The number of methoxy groups -OCH3 is 1. The molecule has 2 heterocycles. The Bertz CT molecular complexity index is 523. The lowest BCUT2D eigenvalue weighted by atomic mass is 10.2. The summed E-state index contributed by atoms with van der Waals surface area (Å²) in [4.78, 5) is 15.4. The number of carbonyl (C=O) groups is 1. The van der Waals surface area contributed by atoms with Gasteiger partial charge in [0.25, 0.3) is 0 Å². The molecule has 0 saturated heterocycles. The van der Waals surface area contributed by atoms with E-state index in [2.05, 4.69) is 15.0 Å². The standard InChI is InChI=1S/C11H12N2O4/c1-16-11(15)8(6-14)13-10-7-3-5-17-9(7)2-4-12-10/h2-5,8,14H,6H2,1H3,(H,12,13). The number of aromatic nitrogens is 1. The van der Waals surface area contributed by atoms with Crippen molar-refractivity contribution in [3.05, 3.63) is 24.6 Å². The number of anilines is 1. The lowest BCUT2D eigenvalue weighted by Gasteiger charge is -2.14. The van der Waals surface area contributed by atoms with E-state index < -0.39 is 12.0 Å². The summed E-state index contributed by atoms with van der Waals surface area (Å²) < 4.78 is 9.76. The largest absolute Gasteiger partial charge is 0.467 e. The molecular weight excluding hydrogens is 224 g/mol. The van der Waals surface area contributed by atoms with Gasteiger partial charge in [0.15, 0.2) is 0 Å². The maximum Gasteiger partial charge on any atom is 0.330 e. The number of nitrogens with one attached hydrogen (secondary N) is 1. The molecule has 2 aromatic heterocycles. The second kappa shape index (κ2) is 4.84. The van der Waals surface area contributed by atoms with E-state index in [1.807, 2.05) is 0 Å². The van der Waals surface area contributed by atoms with E-state index in [1.54, 1.807) is 18.3 Å². The maximum atomic E-state index is 11.3.